The highest BCUT2D eigenvalue weighted by Crippen LogP contribution is 2.15. The van der Waals surface area contributed by atoms with Crippen molar-refractivity contribution in [3.8, 4) is 0 Å². The van der Waals surface area contributed by atoms with E-state index < -0.39 is 0 Å². The molecular formula is C15H26N2S. The Morgan fingerprint density at radius 2 is 1.94 bits per heavy atom. The lowest BCUT2D eigenvalue weighted by molar-refractivity contribution is 0.247. The van der Waals surface area contributed by atoms with Gasteiger partial charge in [-0.3, -0.25) is 4.90 Å². The van der Waals surface area contributed by atoms with Crippen LogP contribution in [0, 0.1) is 0 Å². The molecule has 0 amide bonds. The molecule has 1 aromatic carbocycles. The van der Waals surface area contributed by atoms with E-state index in [1.54, 1.807) is 0 Å². The zero-order valence-corrected chi connectivity index (χ0v) is 12.7. The smallest absolute Gasteiger partial charge is 0.0236 e. The molecule has 1 unspecified atom stereocenters. The summed E-state index contributed by atoms with van der Waals surface area (Å²) < 4.78 is 0. The van der Waals surface area contributed by atoms with Crippen molar-refractivity contribution in [1.82, 2.24) is 4.90 Å². The summed E-state index contributed by atoms with van der Waals surface area (Å²) in [5.74, 6) is 1.20. The first kappa shape index (κ1) is 15.5. The molecule has 0 aliphatic carbocycles. The van der Waals surface area contributed by atoms with Crippen LogP contribution in [0.2, 0.25) is 0 Å². The second-order valence-corrected chi connectivity index (χ2v) is 5.65. The van der Waals surface area contributed by atoms with Gasteiger partial charge in [-0.15, -0.1) is 0 Å². The fraction of sp³-hybridized carbons (Fsp3) is 0.600. The van der Waals surface area contributed by atoms with Gasteiger partial charge >= 0.3 is 0 Å². The normalized spacial score (nSPS) is 12.9. The predicted molar refractivity (Wildman–Crippen MR) is 83.1 cm³/mol. The molecule has 2 nitrogen and oxygen atoms in total. The van der Waals surface area contributed by atoms with Gasteiger partial charge in [0.1, 0.15) is 0 Å². The molecule has 0 bridgehead atoms. The molecule has 0 saturated heterocycles. The Kier molecular flexibility index (Phi) is 7.40. The molecule has 0 fully saturated rings. The molecular weight excluding hydrogens is 240 g/mol. The Bertz CT molecular complexity index is 341. The van der Waals surface area contributed by atoms with Crippen molar-refractivity contribution in [3.05, 3.63) is 35.4 Å². The van der Waals surface area contributed by atoms with Crippen LogP contribution in [0.1, 0.15) is 24.5 Å². The van der Waals surface area contributed by atoms with Crippen LogP contribution in [0.5, 0.6) is 0 Å². The molecule has 0 aliphatic rings. The molecule has 0 aromatic heterocycles. The van der Waals surface area contributed by atoms with Gasteiger partial charge < -0.3 is 5.73 Å². The largest absolute Gasteiger partial charge is 0.330 e. The summed E-state index contributed by atoms with van der Waals surface area (Å²) in [6, 6.07) is 9.32. The SMILES string of the molecule is CCC(CSC)N(C)Cc1ccccc1CCN. The van der Waals surface area contributed by atoms with Crippen LogP contribution >= 0.6 is 11.8 Å². The molecule has 1 aromatic rings. The highest BCUT2D eigenvalue weighted by molar-refractivity contribution is 7.98. The predicted octanol–water partition coefficient (Wildman–Crippen LogP) is 2.76. The highest BCUT2D eigenvalue weighted by atomic mass is 32.2. The van der Waals surface area contributed by atoms with Gasteiger partial charge in [-0.05, 0) is 43.8 Å². The maximum atomic E-state index is 5.68. The molecule has 0 heterocycles. The van der Waals surface area contributed by atoms with Crippen molar-refractivity contribution in [1.29, 1.82) is 0 Å². The van der Waals surface area contributed by atoms with E-state index in [0.29, 0.717) is 6.04 Å². The van der Waals surface area contributed by atoms with Crippen LogP contribution in [0.15, 0.2) is 24.3 Å². The van der Waals surface area contributed by atoms with E-state index in [1.165, 1.54) is 23.3 Å². The Hall–Kier alpha value is -0.510. The number of hydrogen-bond acceptors (Lipinski definition) is 3. The number of hydrogen-bond donors (Lipinski definition) is 1. The third-order valence-electron chi connectivity index (χ3n) is 3.41. The summed E-state index contributed by atoms with van der Waals surface area (Å²) in [6.45, 7) is 4.02. The van der Waals surface area contributed by atoms with Crippen LogP contribution < -0.4 is 5.73 Å². The van der Waals surface area contributed by atoms with E-state index in [2.05, 4.69) is 49.4 Å². The van der Waals surface area contributed by atoms with Crippen LogP contribution in [0.4, 0.5) is 0 Å². The van der Waals surface area contributed by atoms with Gasteiger partial charge in [-0.25, -0.2) is 0 Å². The lowest BCUT2D eigenvalue weighted by Gasteiger charge is -2.27. The number of benzene rings is 1. The average molecular weight is 266 g/mol. The van der Waals surface area contributed by atoms with Crippen molar-refractivity contribution in [2.75, 3.05) is 25.6 Å². The van der Waals surface area contributed by atoms with Gasteiger partial charge in [0.15, 0.2) is 0 Å². The van der Waals surface area contributed by atoms with Gasteiger partial charge in [0.2, 0.25) is 0 Å². The van der Waals surface area contributed by atoms with Gasteiger partial charge in [0.05, 0.1) is 0 Å². The van der Waals surface area contributed by atoms with Gasteiger partial charge in [0.25, 0.3) is 0 Å². The first-order chi connectivity index (χ1) is 8.72. The Morgan fingerprint density at radius 1 is 1.28 bits per heavy atom. The number of nitrogens with zero attached hydrogens (tertiary/aromatic N) is 1. The molecule has 1 rings (SSSR count). The lowest BCUT2D eigenvalue weighted by atomic mass is 10.0. The monoisotopic (exact) mass is 266 g/mol. The van der Waals surface area contributed by atoms with E-state index in [1.807, 2.05) is 11.8 Å². The third kappa shape index (κ3) is 4.63. The summed E-state index contributed by atoms with van der Waals surface area (Å²) in [4.78, 5) is 2.46. The molecule has 18 heavy (non-hydrogen) atoms. The minimum atomic E-state index is 0.658. The third-order valence-corrected chi connectivity index (χ3v) is 4.12. The Morgan fingerprint density at radius 3 is 2.50 bits per heavy atom. The average Bonchev–Trinajstić information content (AvgIpc) is 2.38. The lowest BCUT2D eigenvalue weighted by Crippen LogP contribution is -2.33. The van der Waals surface area contributed by atoms with E-state index >= 15 is 0 Å². The van der Waals surface area contributed by atoms with Gasteiger partial charge in [0, 0.05) is 18.3 Å². The summed E-state index contributed by atoms with van der Waals surface area (Å²) in [5.41, 5.74) is 8.49. The van der Waals surface area contributed by atoms with Crippen LogP contribution in [0.25, 0.3) is 0 Å². The first-order valence-electron chi connectivity index (χ1n) is 6.68. The van der Waals surface area contributed by atoms with Gasteiger partial charge in [-0.2, -0.15) is 11.8 Å². The second kappa shape index (κ2) is 8.57. The van der Waals surface area contributed by atoms with Crippen molar-refractivity contribution in [2.24, 2.45) is 5.73 Å². The Labute approximate surface area is 116 Å². The minimum absolute atomic E-state index is 0.658. The fourth-order valence-corrected chi connectivity index (χ4v) is 3.13. The zero-order chi connectivity index (χ0) is 13.4. The molecule has 1 atom stereocenters. The summed E-state index contributed by atoms with van der Waals surface area (Å²) in [7, 11) is 2.23. The zero-order valence-electron chi connectivity index (χ0n) is 11.9. The number of thioether (sulfide) groups is 1. The van der Waals surface area contributed by atoms with Crippen molar-refractivity contribution in [3.63, 3.8) is 0 Å². The van der Waals surface area contributed by atoms with E-state index in [4.69, 9.17) is 5.73 Å². The molecule has 0 aliphatic heterocycles. The van der Waals surface area contributed by atoms with Crippen LogP contribution in [0.3, 0.4) is 0 Å². The fourth-order valence-electron chi connectivity index (χ4n) is 2.26. The summed E-state index contributed by atoms with van der Waals surface area (Å²) >= 11 is 1.93. The van der Waals surface area contributed by atoms with Crippen LogP contribution in [-0.4, -0.2) is 36.5 Å². The van der Waals surface area contributed by atoms with Crippen LogP contribution in [-0.2, 0) is 13.0 Å². The maximum absolute atomic E-state index is 5.68. The quantitative estimate of drug-likeness (QED) is 0.784. The molecule has 102 valence electrons. The highest BCUT2D eigenvalue weighted by Gasteiger charge is 2.13. The van der Waals surface area contributed by atoms with Gasteiger partial charge in [-0.1, -0.05) is 31.2 Å². The molecule has 0 spiro atoms. The molecule has 2 N–H and O–H groups in total. The second-order valence-electron chi connectivity index (χ2n) is 4.74. The minimum Gasteiger partial charge on any atom is -0.330 e. The standard InChI is InChI=1S/C15H26N2S/c1-4-15(12-18-3)17(2)11-14-8-6-5-7-13(14)9-10-16/h5-8,15H,4,9-12,16H2,1-3H3. The van der Waals surface area contributed by atoms with Crippen molar-refractivity contribution in [2.45, 2.75) is 32.4 Å². The number of rotatable bonds is 8. The van der Waals surface area contributed by atoms with E-state index in [9.17, 15) is 0 Å². The van der Waals surface area contributed by atoms with E-state index in [0.717, 1.165) is 19.5 Å². The molecule has 0 saturated carbocycles. The van der Waals surface area contributed by atoms with Crippen molar-refractivity contribution < 1.29 is 0 Å². The number of nitrogens with two attached hydrogens (primary N) is 1. The molecule has 3 heteroatoms. The first-order valence-corrected chi connectivity index (χ1v) is 8.08. The topological polar surface area (TPSA) is 29.3 Å². The van der Waals surface area contributed by atoms with E-state index in [-0.39, 0.29) is 0 Å². The summed E-state index contributed by atoms with van der Waals surface area (Å²) in [5, 5.41) is 0. The van der Waals surface area contributed by atoms with Crippen molar-refractivity contribution >= 4 is 11.8 Å². The molecule has 0 radical (unpaired) electrons. The Balaban J connectivity index is 2.70. The maximum Gasteiger partial charge on any atom is 0.0236 e. The summed E-state index contributed by atoms with van der Waals surface area (Å²) in [6.07, 6.45) is 4.36.